The minimum atomic E-state index is 0.525. The van der Waals surface area contributed by atoms with Crippen molar-refractivity contribution in [3.05, 3.63) is 64.1 Å². The molecule has 25 heavy (non-hydrogen) atoms. The highest BCUT2D eigenvalue weighted by molar-refractivity contribution is 9.10. The fraction of sp³-hybridized carbons (Fsp3) is 0.455. The van der Waals surface area contributed by atoms with E-state index in [9.17, 15) is 0 Å². The molecular formula is C22H27BrN2. The molecule has 3 heteroatoms. The van der Waals surface area contributed by atoms with Crippen molar-refractivity contribution in [2.45, 2.75) is 37.6 Å². The Kier molecular flexibility index (Phi) is 5.14. The summed E-state index contributed by atoms with van der Waals surface area (Å²) in [5.74, 6) is 0.722. The SMILES string of the molecule is CN1CCC(c2ccccc2[C@H]2CCCN2c2ccc(Br)cc2)CC1. The predicted octanol–water partition coefficient (Wildman–Crippen LogP) is 5.60. The first-order chi connectivity index (χ1) is 12.2. The lowest BCUT2D eigenvalue weighted by molar-refractivity contribution is 0.254. The van der Waals surface area contributed by atoms with E-state index in [2.05, 4.69) is 81.3 Å². The fourth-order valence-electron chi connectivity index (χ4n) is 4.54. The molecule has 0 aliphatic carbocycles. The van der Waals surface area contributed by atoms with Crippen LogP contribution in [0.25, 0.3) is 0 Å². The zero-order chi connectivity index (χ0) is 17.2. The summed E-state index contributed by atoms with van der Waals surface area (Å²) in [5.41, 5.74) is 4.52. The lowest BCUT2D eigenvalue weighted by Crippen LogP contribution is -2.30. The van der Waals surface area contributed by atoms with Gasteiger partial charge in [0.1, 0.15) is 0 Å². The first-order valence-corrected chi connectivity index (χ1v) is 10.3. The van der Waals surface area contributed by atoms with E-state index in [1.54, 1.807) is 11.1 Å². The summed E-state index contributed by atoms with van der Waals surface area (Å²) in [6.45, 7) is 3.61. The Hall–Kier alpha value is -1.32. The molecule has 0 bridgehead atoms. The molecule has 0 unspecified atom stereocenters. The highest BCUT2D eigenvalue weighted by Gasteiger charge is 2.30. The van der Waals surface area contributed by atoms with Gasteiger partial charge in [-0.25, -0.2) is 0 Å². The molecule has 0 radical (unpaired) electrons. The molecule has 0 amide bonds. The fourth-order valence-corrected chi connectivity index (χ4v) is 4.80. The van der Waals surface area contributed by atoms with Crippen LogP contribution in [0.2, 0.25) is 0 Å². The van der Waals surface area contributed by atoms with Gasteiger partial charge in [0.25, 0.3) is 0 Å². The zero-order valence-corrected chi connectivity index (χ0v) is 16.6. The molecule has 2 aliphatic rings. The van der Waals surface area contributed by atoms with E-state index in [1.165, 1.54) is 44.5 Å². The molecule has 2 aromatic carbocycles. The number of rotatable bonds is 3. The lowest BCUT2D eigenvalue weighted by atomic mass is 9.84. The molecule has 0 aromatic heterocycles. The van der Waals surface area contributed by atoms with Gasteiger partial charge >= 0.3 is 0 Å². The summed E-state index contributed by atoms with van der Waals surface area (Å²) < 4.78 is 1.15. The van der Waals surface area contributed by atoms with E-state index in [4.69, 9.17) is 0 Å². The lowest BCUT2D eigenvalue weighted by Gasteiger charge is -2.34. The van der Waals surface area contributed by atoms with E-state index < -0.39 is 0 Å². The predicted molar refractivity (Wildman–Crippen MR) is 109 cm³/mol. The van der Waals surface area contributed by atoms with Gasteiger partial charge < -0.3 is 9.80 Å². The molecule has 2 fully saturated rings. The minimum absolute atomic E-state index is 0.525. The Morgan fingerprint density at radius 1 is 0.840 bits per heavy atom. The van der Waals surface area contributed by atoms with Crippen molar-refractivity contribution >= 4 is 21.6 Å². The number of piperidine rings is 1. The highest BCUT2D eigenvalue weighted by Crippen LogP contribution is 2.41. The van der Waals surface area contributed by atoms with Crippen molar-refractivity contribution in [2.75, 3.05) is 31.6 Å². The number of hydrogen-bond acceptors (Lipinski definition) is 2. The molecule has 1 atom stereocenters. The van der Waals surface area contributed by atoms with E-state index >= 15 is 0 Å². The topological polar surface area (TPSA) is 6.48 Å². The van der Waals surface area contributed by atoms with Crippen molar-refractivity contribution in [1.82, 2.24) is 4.90 Å². The second-order valence-electron chi connectivity index (χ2n) is 7.53. The van der Waals surface area contributed by atoms with Crippen LogP contribution < -0.4 is 4.90 Å². The number of benzene rings is 2. The van der Waals surface area contributed by atoms with E-state index in [1.807, 2.05) is 0 Å². The van der Waals surface area contributed by atoms with Gasteiger partial charge in [0, 0.05) is 16.7 Å². The second-order valence-corrected chi connectivity index (χ2v) is 8.45. The number of halogens is 1. The quantitative estimate of drug-likeness (QED) is 0.663. The third kappa shape index (κ3) is 3.63. The van der Waals surface area contributed by atoms with Gasteiger partial charge in [-0.15, -0.1) is 0 Å². The number of nitrogens with zero attached hydrogens (tertiary/aromatic N) is 2. The maximum absolute atomic E-state index is 3.56. The summed E-state index contributed by atoms with van der Waals surface area (Å²) in [5, 5.41) is 0. The molecular weight excluding hydrogens is 372 g/mol. The average molecular weight is 399 g/mol. The minimum Gasteiger partial charge on any atom is -0.364 e. The Bertz CT molecular complexity index is 704. The van der Waals surface area contributed by atoms with Gasteiger partial charge in [0.2, 0.25) is 0 Å². The van der Waals surface area contributed by atoms with Crippen LogP contribution in [0.3, 0.4) is 0 Å². The largest absolute Gasteiger partial charge is 0.364 e. The maximum atomic E-state index is 3.56. The number of anilines is 1. The molecule has 4 rings (SSSR count). The van der Waals surface area contributed by atoms with E-state index in [-0.39, 0.29) is 0 Å². The van der Waals surface area contributed by atoms with Crippen LogP contribution >= 0.6 is 15.9 Å². The van der Waals surface area contributed by atoms with Crippen molar-refractivity contribution in [3.63, 3.8) is 0 Å². The smallest absolute Gasteiger partial charge is 0.0545 e. The molecule has 132 valence electrons. The normalized spacial score (nSPS) is 22.5. The van der Waals surface area contributed by atoms with Gasteiger partial charge in [-0.3, -0.25) is 0 Å². The Morgan fingerprint density at radius 3 is 2.24 bits per heavy atom. The third-order valence-corrected chi connectivity index (χ3v) is 6.45. The summed E-state index contributed by atoms with van der Waals surface area (Å²) in [4.78, 5) is 5.07. The molecule has 2 aromatic rings. The standard InChI is InChI=1S/C22H27BrN2/c1-24-15-12-17(13-16-24)20-5-2-3-6-21(20)22-7-4-14-25(22)19-10-8-18(23)9-11-19/h2-3,5-6,8-11,17,22H,4,7,12-16H2,1H3/t22-/m1/s1. The van der Waals surface area contributed by atoms with Gasteiger partial charge in [0.15, 0.2) is 0 Å². The first-order valence-electron chi connectivity index (χ1n) is 9.52. The van der Waals surface area contributed by atoms with Crippen molar-refractivity contribution in [2.24, 2.45) is 0 Å². The van der Waals surface area contributed by atoms with Gasteiger partial charge in [-0.2, -0.15) is 0 Å². The van der Waals surface area contributed by atoms with Crippen molar-refractivity contribution < 1.29 is 0 Å². The Morgan fingerprint density at radius 2 is 1.52 bits per heavy atom. The van der Waals surface area contributed by atoms with Crippen LogP contribution in [0.15, 0.2) is 53.0 Å². The van der Waals surface area contributed by atoms with Gasteiger partial charge in [-0.1, -0.05) is 40.2 Å². The summed E-state index contributed by atoms with van der Waals surface area (Å²) >= 11 is 3.56. The van der Waals surface area contributed by atoms with Crippen LogP contribution in [-0.2, 0) is 0 Å². The van der Waals surface area contributed by atoms with Crippen LogP contribution in [0.1, 0.15) is 48.8 Å². The number of hydrogen-bond donors (Lipinski definition) is 0. The van der Waals surface area contributed by atoms with Gasteiger partial charge in [0.05, 0.1) is 6.04 Å². The average Bonchev–Trinajstić information content (AvgIpc) is 3.13. The zero-order valence-electron chi connectivity index (χ0n) is 15.0. The monoisotopic (exact) mass is 398 g/mol. The summed E-state index contributed by atoms with van der Waals surface area (Å²) in [7, 11) is 2.24. The Balaban J connectivity index is 1.63. The van der Waals surface area contributed by atoms with Crippen LogP contribution in [0.5, 0.6) is 0 Å². The molecule has 0 N–H and O–H groups in total. The Labute approximate surface area is 160 Å². The third-order valence-electron chi connectivity index (χ3n) is 5.92. The summed E-state index contributed by atoms with van der Waals surface area (Å²) in [6, 6.07) is 18.6. The molecule has 2 aliphatic heterocycles. The van der Waals surface area contributed by atoms with Crippen LogP contribution in [-0.4, -0.2) is 31.6 Å². The summed E-state index contributed by atoms with van der Waals surface area (Å²) in [6.07, 6.45) is 5.12. The molecule has 2 saturated heterocycles. The van der Waals surface area contributed by atoms with E-state index in [0.29, 0.717) is 6.04 Å². The number of likely N-dealkylation sites (tertiary alicyclic amines) is 1. The van der Waals surface area contributed by atoms with Gasteiger partial charge in [-0.05, 0) is 87.1 Å². The molecule has 0 saturated carbocycles. The van der Waals surface area contributed by atoms with Crippen molar-refractivity contribution in [1.29, 1.82) is 0 Å². The molecule has 2 heterocycles. The second kappa shape index (κ2) is 7.51. The van der Waals surface area contributed by atoms with Crippen LogP contribution in [0.4, 0.5) is 5.69 Å². The van der Waals surface area contributed by atoms with Crippen molar-refractivity contribution in [3.8, 4) is 0 Å². The maximum Gasteiger partial charge on any atom is 0.0545 e. The first kappa shape index (κ1) is 17.1. The molecule has 2 nitrogen and oxygen atoms in total. The van der Waals surface area contributed by atoms with Crippen LogP contribution in [0, 0.1) is 0 Å². The molecule has 0 spiro atoms. The highest BCUT2D eigenvalue weighted by atomic mass is 79.9. The van der Waals surface area contributed by atoms with E-state index in [0.717, 1.165) is 16.9 Å².